The molecule has 1 heterocycles. The van der Waals surface area contributed by atoms with Gasteiger partial charge in [-0.15, -0.1) is 0 Å². The first-order valence-corrected chi connectivity index (χ1v) is 3.44. The summed E-state index contributed by atoms with van der Waals surface area (Å²) in [4.78, 5) is 13.7. The Bertz CT molecular complexity index is 362. The lowest BCUT2D eigenvalue weighted by atomic mass is 10.3. The van der Waals surface area contributed by atoms with Crippen LogP contribution >= 0.6 is 0 Å². The molecule has 0 bridgehead atoms. The molecule has 0 aliphatic carbocycles. The maximum atomic E-state index is 10.4. The van der Waals surface area contributed by atoms with Gasteiger partial charge in [0, 0.05) is 6.07 Å². The summed E-state index contributed by atoms with van der Waals surface area (Å²) < 4.78 is 0. The highest BCUT2D eigenvalue weighted by atomic mass is 16.6. The second-order valence-corrected chi connectivity index (χ2v) is 2.34. The molecule has 6 nitrogen and oxygen atoms in total. The molecule has 0 spiro atoms. The van der Waals surface area contributed by atoms with Crippen LogP contribution in [0.2, 0.25) is 0 Å². The van der Waals surface area contributed by atoms with Crippen LogP contribution in [0.15, 0.2) is 17.3 Å². The van der Waals surface area contributed by atoms with Crippen LogP contribution in [0.5, 0.6) is 0 Å². The van der Waals surface area contributed by atoms with Gasteiger partial charge >= 0.3 is 0 Å². The molecule has 13 heavy (non-hydrogen) atoms. The predicted molar refractivity (Wildman–Crippen MR) is 45.0 cm³/mol. The Morgan fingerprint density at radius 3 is 2.85 bits per heavy atom. The van der Waals surface area contributed by atoms with Crippen LogP contribution in [0.25, 0.3) is 0 Å². The van der Waals surface area contributed by atoms with E-state index in [1.165, 1.54) is 19.1 Å². The molecule has 0 amide bonds. The Morgan fingerprint density at radius 1 is 1.69 bits per heavy atom. The minimum Gasteiger partial charge on any atom is -0.411 e. The van der Waals surface area contributed by atoms with Crippen LogP contribution in [0.1, 0.15) is 11.4 Å². The Labute approximate surface area is 73.7 Å². The summed E-state index contributed by atoms with van der Waals surface area (Å²) in [5, 5.41) is 21.3. The second-order valence-electron chi connectivity index (χ2n) is 2.34. The summed E-state index contributed by atoms with van der Waals surface area (Å²) in [6.07, 6.45) is 1.11. The predicted octanol–water partition coefficient (Wildman–Crippen LogP) is 1.11. The lowest BCUT2D eigenvalue weighted by Gasteiger charge is -1.96. The first-order chi connectivity index (χ1) is 6.15. The summed E-state index contributed by atoms with van der Waals surface area (Å²) >= 11 is 0. The van der Waals surface area contributed by atoms with Crippen molar-refractivity contribution >= 4 is 11.9 Å². The number of rotatable bonds is 2. The van der Waals surface area contributed by atoms with E-state index in [2.05, 4.69) is 10.1 Å². The molecular formula is C7H7N3O3. The summed E-state index contributed by atoms with van der Waals surface area (Å²) in [5.41, 5.74) is 0.628. The molecule has 0 radical (unpaired) electrons. The monoisotopic (exact) mass is 181 g/mol. The molecule has 0 saturated carbocycles. The topological polar surface area (TPSA) is 88.6 Å². The van der Waals surface area contributed by atoms with Crippen LogP contribution in [0, 0.1) is 17.0 Å². The first kappa shape index (κ1) is 9.11. The molecule has 0 aliphatic rings. The van der Waals surface area contributed by atoms with Crippen LogP contribution < -0.4 is 0 Å². The van der Waals surface area contributed by atoms with Crippen molar-refractivity contribution in [2.45, 2.75) is 6.92 Å². The molecule has 6 heteroatoms. The fraction of sp³-hybridized carbons (Fsp3) is 0.143. The molecular weight excluding hydrogens is 174 g/mol. The fourth-order valence-electron chi connectivity index (χ4n) is 0.897. The summed E-state index contributed by atoms with van der Waals surface area (Å²) in [6.45, 7) is 1.52. The van der Waals surface area contributed by atoms with Gasteiger partial charge in [-0.25, -0.2) is 4.98 Å². The van der Waals surface area contributed by atoms with Gasteiger partial charge < -0.3 is 5.21 Å². The number of oxime groups is 1. The van der Waals surface area contributed by atoms with Crippen molar-refractivity contribution in [1.82, 2.24) is 4.98 Å². The highest BCUT2D eigenvalue weighted by molar-refractivity contribution is 5.76. The lowest BCUT2D eigenvalue weighted by Crippen LogP contribution is -1.97. The van der Waals surface area contributed by atoms with Crippen molar-refractivity contribution < 1.29 is 10.1 Å². The Hall–Kier alpha value is -1.98. The van der Waals surface area contributed by atoms with Gasteiger partial charge in [0.2, 0.25) is 0 Å². The van der Waals surface area contributed by atoms with Crippen molar-refractivity contribution in [3.63, 3.8) is 0 Å². The summed E-state index contributed by atoms with van der Waals surface area (Å²) in [6, 6.07) is 2.73. The average molecular weight is 181 g/mol. The van der Waals surface area contributed by atoms with Crippen LogP contribution in [-0.4, -0.2) is 21.3 Å². The first-order valence-electron chi connectivity index (χ1n) is 3.44. The van der Waals surface area contributed by atoms with Gasteiger partial charge in [0.1, 0.15) is 5.69 Å². The molecule has 0 atom stereocenters. The Balaban J connectivity index is 3.12. The number of pyridine rings is 1. The zero-order valence-electron chi connectivity index (χ0n) is 6.84. The van der Waals surface area contributed by atoms with E-state index >= 15 is 0 Å². The van der Waals surface area contributed by atoms with Gasteiger partial charge in [-0.3, -0.25) is 10.1 Å². The fourth-order valence-corrected chi connectivity index (χ4v) is 0.897. The molecule has 1 N–H and O–H groups in total. The lowest BCUT2D eigenvalue weighted by molar-refractivity contribution is -0.385. The quantitative estimate of drug-likeness (QED) is 0.320. The SMILES string of the molecule is Cc1nc(/C=N/O)ccc1[N+](=O)[O-]. The molecule has 0 aliphatic heterocycles. The maximum absolute atomic E-state index is 10.4. The third-order valence-corrected chi connectivity index (χ3v) is 1.47. The Morgan fingerprint density at radius 2 is 2.38 bits per heavy atom. The van der Waals surface area contributed by atoms with E-state index in [1.54, 1.807) is 0 Å². The van der Waals surface area contributed by atoms with Crippen LogP contribution in [-0.2, 0) is 0 Å². The molecule has 1 aromatic rings. The van der Waals surface area contributed by atoms with E-state index in [9.17, 15) is 10.1 Å². The van der Waals surface area contributed by atoms with Gasteiger partial charge in [-0.1, -0.05) is 5.16 Å². The summed E-state index contributed by atoms with van der Waals surface area (Å²) in [7, 11) is 0. The van der Waals surface area contributed by atoms with Crippen LogP contribution in [0.4, 0.5) is 5.69 Å². The van der Waals surface area contributed by atoms with Crippen molar-refractivity contribution in [3.8, 4) is 0 Å². The van der Waals surface area contributed by atoms with Gasteiger partial charge in [-0.2, -0.15) is 0 Å². The number of nitro groups is 1. The average Bonchev–Trinajstić information content (AvgIpc) is 2.04. The van der Waals surface area contributed by atoms with E-state index in [4.69, 9.17) is 5.21 Å². The highest BCUT2D eigenvalue weighted by Gasteiger charge is 2.10. The van der Waals surface area contributed by atoms with Crippen molar-refractivity contribution in [2.24, 2.45) is 5.16 Å². The van der Waals surface area contributed by atoms with Crippen molar-refractivity contribution in [1.29, 1.82) is 0 Å². The minimum atomic E-state index is -0.512. The molecule has 0 saturated heterocycles. The molecule has 0 fully saturated rings. The maximum Gasteiger partial charge on any atom is 0.290 e. The normalized spacial score (nSPS) is 10.5. The molecule has 0 aromatic carbocycles. The second kappa shape index (κ2) is 3.61. The van der Waals surface area contributed by atoms with Gasteiger partial charge in [0.25, 0.3) is 5.69 Å². The van der Waals surface area contributed by atoms with Gasteiger partial charge in [-0.05, 0) is 13.0 Å². The Kier molecular flexibility index (Phi) is 2.53. The number of aromatic nitrogens is 1. The molecule has 68 valence electrons. The zero-order chi connectivity index (χ0) is 9.84. The van der Waals surface area contributed by atoms with E-state index in [0.29, 0.717) is 11.4 Å². The van der Waals surface area contributed by atoms with Gasteiger partial charge in [0.05, 0.1) is 16.8 Å². The van der Waals surface area contributed by atoms with E-state index in [0.717, 1.165) is 6.21 Å². The van der Waals surface area contributed by atoms with E-state index in [-0.39, 0.29) is 5.69 Å². The van der Waals surface area contributed by atoms with Crippen molar-refractivity contribution in [3.05, 3.63) is 33.6 Å². The number of nitrogens with zero attached hydrogens (tertiary/aromatic N) is 3. The molecule has 0 unspecified atom stereocenters. The molecule has 1 aromatic heterocycles. The van der Waals surface area contributed by atoms with Crippen LogP contribution in [0.3, 0.4) is 0 Å². The third kappa shape index (κ3) is 1.98. The smallest absolute Gasteiger partial charge is 0.290 e. The van der Waals surface area contributed by atoms with E-state index < -0.39 is 4.92 Å². The third-order valence-electron chi connectivity index (χ3n) is 1.47. The van der Waals surface area contributed by atoms with Crippen molar-refractivity contribution in [2.75, 3.05) is 0 Å². The number of hydrogen-bond acceptors (Lipinski definition) is 5. The number of aryl methyl sites for hydroxylation is 1. The number of hydrogen-bond donors (Lipinski definition) is 1. The standard InChI is InChI=1S/C7H7N3O3/c1-5-7(10(12)13)3-2-6(9-5)4-8-11/h2-4,11H,1H3/b8-4+. The molecule has 1 rings (SSSR count). The van der Waals surface area contributed by atoms with Gasteiger partial charge in [0.15, 0.2) is 0 Å². The van der Waals surface area contributed by atoms with E-state index in [1.807, 2.05) is 0 Å². The highest BCUT2D eigenvalue weighted by Crippen LogP contribution is 2.14. The minimum absolute atomic E-state index is 0.0462. The largest absolute Gasteiger partial charge is 0.411 e. The summed E-state index contributed by atoms with van der Waals surface area (Å²) in [5.74, 6) is 0. The zero-order valence-corrected chi connectivity index (χ0v) is 6.84.